The van der Waals surface area contributed by atoms with Crippen molar-refractivity contribution in [3.8, 4) is 0 Å². The smallest absolute Gasteiger partial charge is 0.0699 e. The van der Waals surface area contributed by atoms with Crippen LogP contribution >= 0.6 is 0 Å². The molecule has 0 radical (unpaired) electrons. The molecule has 0 spiro atoms. The van der Waals surface area contributed by atoms with Gasteiger partial charge in [-0.05, 0) is 44.6 Å². The SMILES string of the molecule is NC1CCCC1CNCC1CCCCO1. The maximum absolute atomic E-state index is 6.03. The molecule has 0 bridgehead atoms. The van der Waals surface area contributed by atoms with E-state index in [9.17, 15) is 0 Å². The van der Waals surface area contributed by atoms with Crippen LogP contribution in [0, 0.1) is 5.92 Å². The Hall–Kier alpha value is -0.120. The minimum Gasteiger partial charge on any atom is -0.377 e. The molecule has 3 unspecified atom stereocenters. The van der Waals surface area contributed by atoms with Crippen LogP contribution in [0.4, 0.5) is 0 Å². The number of ether oxygens (including phenoxy) is 1. The first-order valence-electron chi connectivity index (χ1n) is 6.44. The highest BCUT2D eigenvalue weighted by atomic mass is 16.5. The van der Waals surface area contributed by atoms with Crippen molar-refractivity contribution in [2.45, 2.75) is 50.7 Å². The van der Waals surface area contributed by atoms with Crippen molar-refractivity contribution in [3.05, 3.63) is 0 Å². The molecule has 3 heteroatoms. The van der Waals surface area contributed by atoms with Crippen molar-refractivity contribution >= 4 is 0 Å². The van der Waals surface area contributed by atoms with Gasteiger partial charge in [0.25, 0.3) is 0 Å². The van der Waals surface area contributed by atoms with Gasteiger partial charge in [-0.1, -0.05) is 6.42 Å². The van der Waals surface area contributed by atoms with Gasteiger partial charge in [0.2, 0.25) is 0 Å². The molecule has 15 heavy (non-hydrogen) atoms. The van der Waals surface area contributed by atoms with Crippen molar-refractivity contribution in [1.29, 1.82) is 0 Å². The van der Waals surface area contributed by atoms with E-state index in [0.29, 0.717) is 18.1 Å². The largest absolute Gasteiger partial charge is 0.377 e. The van der Waals surface area contributed by atoms with E-state index in [2.05, 4.69) is 5.32 Å². The van der Waals surface area contributed by atoms with Crippen LogP contribution in [-0.2, 0) is 4.74 Å². The fourth-order valence-corrected chi connectivity index (χ4v) is 2.72. The molecule has 3 atom stereocenters. The van der Waals surface area contributed by atoms with Gasteiger partial charge >= 0.3 is 0 Å². The maximum atomic E-state index is 6.03. The third-order valence-corrected chi connectivity index (χ3v) is 3.77. The minimum atomic E-state index is 0.435. The number of hydrogen-bond acceptors (Lipinski definition) is 3. The lowest BCUT2D eigenvalue weighted by Crippen LogP contribution is -2.38. The third-order valence-electron chi connectivity index (χ3n) is 3.77. The zero-order valence-electron chi connectivity index (χ0n) is 9.58. The standard InChI is InChI=1S/C12H24N2O/c13-12-6-3-4-10(12)8-14-9-11-5-1-2-7-15-11/h10-12,14H,1-9,13H2. The first-order chi connectivity index (χ1) is 7.36. The second-order valence-corrected chi connectivity index (χ2v) is 5.00. The summed E-state index contributed by atoms with van der Waals surface area (Å²) in [4.78, 5) is 0. The zero-order chi connectivity index (χ0) is 10.5. The summed E-state index contributed by atoms with van der Waals surface area (Å²) in [6.07, 6.45) is 8.08. The van der Waals surface area contributed by atoms with Gasteiger partial charge in [0.1, 0.15) is 0 Å². The average Bonchev–Trinajstić information content (AvgIpc) is 2.66. The average molecular weight is 212 g/mol. The van der Waals surface area contributed by atoms with Crippen LogP contribution in [0.1, 0.15) is 38.5 Å². The summed E-state index contributed by atoms with van der Waals surface area (Å²) in [7, 11) is 0. The van der Waals surface area contributed by atoms with Gasteiger partial charge in [-0.15, -0.1) is 0 Å². The Morgan fingerprint density at radius 1 is 1.07 bits per heavy atom. The summed E-state index contributed by atoms with van der Waals surface area (Å²) in [5.74, 6) is 0.702. The molecule has 0 aromatic rings. The van der Waals surface area contributed by atoms with Gasteiger partial charge in [0, 0.05) is 19.2 Å². The van der Waals surface area contributed by atoms with Crippen molar-refractivity contribution in [3.63, 3.8) is 0 Å². The van der Waals surface area contributed by atoms with E-state index in [1.807, 2.05) is 0 Å². The summed E-state index contributed by atoms with van der Waals surface area (Å²) in [6, 6.07) is 0.435. The highest BCUT2D eigenvalue weighted by molar-refractivity contribution is 4.82. The topological polar surface area (TPSA) is 47.3 Å². The Bertz CT molecular complexity index is 180. The van der Waals surface area contributed by atoms with Gasteiger partial charge < -0.3 is 15.8 Å². The molecule has 1 saturated carbocycles. The van der Waals surface area contributed by atoms with Crippen LogP contribution in [0.25, 0.3) is 0 Å². The summed E-state index contributed by atoms with van der Waals surface area (Å²) in [5, 5.41) is 3.52. The lowest BCUT2D eigenvalue weighted by atomic mass is 10.0. The fraction of sp³-hybridized carbons (Fsp3) is 1.00. The van der Waals surface area contributed by atoms with Crippen molar-refractivity contribution in [2.24, 2.45) is 11.7 Å². The highest BCUT2D eigenvalue weighted by Gasteiger charge is 2.23. The second kappa shape index (κ2) is 5.83. The third kappa shape index (κ3) is 3.44. The van der Waals surface area contributed by atoms with E-state index < -0.39 is 0 Å². The van der Waals surface area contributed by atoms with Gasteiger partial charge in [0.05, 0.1) is 6.10 Å². The Labute approximate surface area is 92.7 Å². The normalized spacial score (nSPS) is 37.0. The molecule has 1 aliphatic carbocycles. The lowest BCUT2D eigenvalue weighted by molar-refractivity contribution is 0.0165. The molecular formula is C12H24N2O. The van der Waals surface area contributed by atoms with Gasteiger partial charge in [0.15, 0.2) is 0 Å². The Morgan fingerprint density at radius 3 is 2.67 bits per heavy atom. The van der Waals surface area contributed by atoms with E-state index >= 15 is 0 Å². The molecule has 1 aliphatic heterocycles. The van der Waals surface area contributed by atoms with Crippen molar-refractivity contribution < 1.29 is 4.74 Å². The van der Waals surface area contributed by atoms with Gasteiger partial charge in [-0.25, -0.2) is 0 Å². The first-order valence-corrected chi connectivity index (χ1v) is 6.44. The molecule has 0 amide bonds. The number of nitrogens with two attached hydrogens (primary N) is 1. The minimum absolute atomic E-state index is 0.435. The Kier molecular flexibility index (Phi) is 4.42. The summed E-state index contributed by atoms with van der Waals surface area (Å²) in [6.45, 7) is 3.06. The number of nitrogens with one attached hydrogen (secondary N) is 1. The van der Waals surface area contributed by atoms with Crippen LogP contribution < -0.4 is 11.1 Å². The summed E-state index contributed by atoms with van der Waals surface area (Å²) < 4.78 is 5.68. The number of hydrogen-bond donors (Lipinski definition) is 2. The first kappa shape index (κ1) is 11.4. The highest BCUT2D eigenvalue weighted by Crippen LogP contribution is 2.23. The predicted octanol–water partition coefficient (Wildman–Crippen LogP) is 1.27. The molecule has 2 aliphatic rings. The molecule has 1 heterocycles. The number of rotatable bonds is 4. The van der Waals surface area contributed by atoms with E-state index in [-0.39, 0.29) is 0 Å². The van der Waals surface area contributed by atoms with E-state index in [1.54, 1.807) is 0 Å². The molecule has 0 aromatic heterocycles. The Morgan fingerprint density at radius 2 is 2.00 bits per heavy atom. The fourth-order valence-electron chi connectivity index (χ4n) is 2.72. The monoisotopic (exact) mass is 212 g/mol. The lowest BCUT2D eigenvalue weighted by Gasteiger charge is -2.24. The van der Waals surface area contributed by atoms with Crippen LogP contribution in [0.5, 0.6) is 0 Å². The van der Waals surface area contributed by atoms with Crippen LogP contribution in [0.2, 0.25) is 0 Å². The molecule has 3 N–H and O–H groups in total. The molecule has 0 aromatic carbocycles. The molecule has 1 saturated heterocycles. The second-order valence-electron chi connectivity index (χ2n) is 5.00. The summed E-state index contributed by atoms with van der Waals surface area (Å²) in [5.41, 5.74) is 6.03. The van der Waals surface area contributed by atoms with E-state index in [0.717, 1.165) is 19.7 Å². The zero-order valence-corrected chi connectivity index (χ0v) is 9.58. The van der Waals surface area contributed by atoms with E-state index in [4.69, 9.17) is 10.5 Å². The molecule has 3 nitrogen and oxygen atoms in total. The van der Waals surface area contributed by atoms with Crippen LogP contribution in [0.3, 0.4) is 0 Å². The quantitative estimate of drug-likeness (QED) is 0.738. The van der Waals surface area contributed by atoms with E-state index in [1.165, 1.54) is 38.5 Å². The molecule has 2 fully saturated rings. The van der Waals surface area contributed by atoms with Crippen LogP contribution in [-0.4, -0.2) is 31.8 Å². The van der Waals surface area contributed by atoms with Crippen molar-refractivity contribution in [1.82, 2.24) is 5.32 Å². The predicted molar refractivity (Wildman–Crippen MR) is 61.8 cm³/mol. The summed E-state index contributed by atoms with van der Waals surface area (Å²) >= 11 is 0. The Balaban J connectivity index is 1.57. The molecule has 88 valence electrons. The van der Waals surface area contributed by atoms with Crippen molar-refractivity contribution in [2.75, 3.05) is 19.7 Å². The van der Waals surface area contributed by atoms with Gasteiger partial charge in [-0.2, -0.15) is 0 Å². The van der Waals surface area contributed by atoms with Crippen LogP contribution in [0.15, 0.2) is 0 Å². The molecule has 2 rings (SSSR count). The molecular weight excluding hydrogens is 188 g/mol. The maximum Gasteiger partial charge on any atom is 0.0699 e. The van der Waals surface area contributed by atoms with Gasteiger partial charge in [-0.3, -0.25) is 0 Å².